The molecule has 0 atom stereocenters. The Bertz CT molecular complexity index is 848. The number of furan rings is 1. The van der Waals surface area contributed by atoms with Crippen molar-refractivity contribution in [1.29, 1.82) is 0 Å². The number of carbonyl (C=O) groups excluding carboxylic acids is 2. The summed E-state index contributed by atoms with van der Waals surface area (Å²) in [5, 5.41) is 3.05. The van der Waals surface area contributed by atoms with Gasteiger partial charge in [-0.15, -0.1) is 0 Å². The molecule has 1 heterocycles. The van der Waals surface area contributed by atoms with Crippen molar-refractivity contribution < 1.29 is 22.4 Å². The summed E-state index contributed by atoms with van der Waals surface area (Å²) in [5.41, 5.74) is 0. The molecule has 0 saturated heterocycles. The normalized spacial score (nSPS) is 11.2. The van der Waals surface area contributed by atoms with E-state index in [9.17, 15) is 18.0 Å². The highest BCUT2D eigenvalue weighted by Crippen LogP contribution is 2.16. The smallest absolute Gasteiger partial charge is 0.239 e. The molecule has 7 nitrogen and oxygen atoms in total. The average Bonchev–Trinajstić information content (AvgIpc) is 3.12. The van der Waals surface area contributed by atoms with Gasteiger partial charge in [0.25, 0.3) is 0 Å². The number of nitrogens with one attached hydrogen (secondary N) is 1. The van der Waals surface area contributed by atoms with Gasteiger partial charge in [0.15, 0.2) is 9.84 Å². The van der Waals surface area contributed by atoms with Crippen molar-refractivity contribution in [3.8, 4) is 0 Å². The van der Waals surface area contributed by atoms with Gasteiger partial charge in [0, 0.05) is 18.5 Å². The summed E-state index contributed by atoms with van der Waals surface area (Å²) in [4.78, 5) is 25.2. The Morgan fingerprint density at radius 3 is 2.50 bits per heavy atom. The zero-order chi connectivity index (χ0) is 19.2. The molecule has 140 valence electrons. The van der Waals surface area contributed by atoms with Crippen molar-refractivity contribution in [1.82, 2.24) is 10.2 Å². The van der Waals surface area contributed by atoms with Crippen LogP contribution in [0.5, 0.6) is 0 Å². The third-order valence-electron chi connectivity index (χ3n) is 3.60. The van der Waals surface area contributed by atoms with E-state index in [1.165, 1.54) is 42.5 Å². The SMILES string of the molecule is CN(CC(=O)NCc1ccco1)C(=O)CCS(=O)(=O)c1ccc(Cl)cc1. The van der Waals surface area contributed by atoms with Crippen LogP contribution in [-0.2, 0) is 26.0 Å². The second-order valence-electron chi connectivity index (χ2n) is 5.63. The van der Waals surface area contributed by atoms with Crippen LogP contribution >= 0.6 is 11.6 Å². The number of amides is 2. The maximum Gasteiger partial charge on any atom is 0.239 e. The van der Waals surface area contributed by atoms with Crippen molar-refractivity contribution in [3.05, 3.63) is 53.4 Å². The van der Waals surface area contributed by atoms with Crippen LogP contribution in [-0.4, -0.2) is 44.5 Å². The summed E-state index contributed by atoms with van der Waals surface area (Å²) >= 11 is 5.74. The fourth-order valence-electron chi connectivity index (χ4n) is 2.13. The quantitative estimate of drug-likeness (QED) is 0.732. The molecule has 0 bridgehead atoms. The summed E-state index contributed by atoms with van der Waals surface area (Å²) < 4.78 is 29.5. The van der Waals surface area contributed by atoms with E-state index in [1.54, 1.807) is 12.1 Å². The monoisotopic (exact) mass is 398 g/mol. The van der Waals surface area contributed by atoms with Crippen LogP contribution in [0.2, 0.25) is 5.02 Å². The molecule has 9 heteroatoms. The van der Waals surface area contributed by atoms with E-state index in [2.05, 4.69) is 5.32 Å². The minimum atomic E-state index is -3.59. The zero-order valence-corrected chi connectivity index (χ0v) is 15.7. The summed E-state index contributed by atoms with van der Waals surface area (Å²) in [6.07, 6.45) is 1.28. The Hall–Kier alpha value is -2.32. The number of likely N-dealkylation sites (N-methyl/N-ethyl adjacent to an activating group) is 1. The third-order valence-corrected chi connectivity index (χ3v) is 5.59. The molecular formula is C17H19ClN2O5S. The van der Waals surface area contributed by atoms with Crippen LogP contribution in [0.15, 0.2) is 52.0 Å². The Kier molecular flexibility index (Phi) is 6.82. The van der Waals surface area contributed by atoms with Gasteiger partial charge >= 0.3 is 0 Å². The predicted octanol–water partition coefficient (Wildman–Crippen LogP) is 1.87. The molecule has 0 saturated carbocycles. The lowest BCUT2D eigenvalue weighted by Gasteiger charge is -2.16. The molecule has 2 aromatic rings. The molecule has 26 heavy (non-hydrogen) atoms. The molecule has 1 aromatic heterocycles. The number of halogens is 1. The first-order chi connectivity index (χ1) is 12.3. The fourth-order valence-corrected chi connectivity index (χ4v) is 3.49. The van der Waals surface area contributed by atoms with E-state index in [-0.39, 0.29) is 36.1 Å². The van der Waals surface area contributed by atoms with E-state index in [0.717, 1.165) is 0 Å². The first-order valence-electron chi connectivity index (χ1n) is 7.79. The lowest BCUT2D eigenvalue weighted by molar-refractivity contribution is -0.134. The number of sulfone groups is 1. The summed E-state index contributed by atoms with van der Waals surface area (Å²) in [6.45, 7) is 0.0549. The van der Waals surface area contributed by atoms with Crippen molar-refractivity contribution in [2.24, 2.45) is 0 Å². The van der Waals surface area contributed by atoms with Gasteiger partial charge in [0.2, 0.25) is 11.8 Å². The third kappa shape index (κ3) is 5.89. The summed E-state index contributed by atoms with van der Waals surface area (Å²) in [6, 6.07) is 9.17. The van der Waals surface area contributed by atoms with Gasteiger partial charge < -0.3 is 14.6 Å². The predicted molar refractivity (Wildman–Crippen MR) is 96.3 cm³/mol. The van der Waals surface area contributed by atoms with Crippen LogP contribution in [0.25, 0.3) is 0 Å². The molecule has 0 spiro atoms. The number of rotatable bonds is 8. The van der Waals surface area contributed by atoms with Gasteiger partial charge in [-0.2, -0.15) is 0 Å². The number of carbonyl (C=O) groups is 2. The van der Waals surface area contributed by atoms with E-state index in [1.807, 2.05) is 0 Å². The lowest BCUT2D eigenvalue weighted by Crippen LogP contribution is -2.38. The molecular weight excluding hydrogens is 380 g/mol. The maximum absolute atomic E-state index is 12.2. The summed E-state index contributed by atoms with van der Waals surface area (Å²) in [7, 11) is -2.14. The van der Waals surface area contributed by atoms with E-state index in [4.69, 9.17) is 16.0 Å². The number of hydrogen-bond acceptors (Lipinski definition) is 5. The van der Waals surface area contributed by atoms with Crippen molar-refractivity contribution >= 4 is 33.3 Å². The molecule has 1 N–H and O–H groups in total. The van der Waals surface area contributed by atoms with Crippen molar-refractivity contribution in [2.45, 2.75) is 17.9 Å². The Morgan fingerprint density at radius 1 is 1.19 bits per heavy atom. The van der Waals surface area contributed by atoms with Gasteiger partial charge in [-0.1, -0.05) is 11.6 Å². The maximum atomic E-state index is 12.2. The van der Waals surface area contributed by atoms with E-state index >= 15 is 0 Å². The first kappa shape index (κ1) is 20.0. The van der Waals surface area contributed by atoms with E-state index < -0.39 is 15.7 Å². The molecule has 0 aliphatic heterocycles. The number of nitrogens with zero attached hydrogens (tertiary/aromatic N) is 1. The minimum absolute atomic E-state index is 0.105. The molecule has 1 aromatic carbocycles. The van der Waals surface area contributed by atoms with Crippen LogP contribution in [0, 0.1) is 0 Å². The van der Waals surface area contributed by atoms with Gasteiger partial charge in [-0.25, -0.2) is 8.42 Å². The van der Waals surface area contributed by atoms with Crippen molar-refractivity contribution in [3.63, 3.8) is 0 Å². The van der Waals surface area contributed by atoms with Gasteiger partial charge in [0.05, 0.1) is 30.0 Å². The van der Waals surface area contributed by atoms with E-state index in [0.29, 0.717) is 10.8 Å². The van der Waals surface area contributed by atoms with Crippen LogP contribution in [0.1, 0.15) is 12.2 Å². The van der Waals surface area contributed by atoms with Crippen LogP contribution in [0.3, 0.4) is 0 Å². The van der Waals surface area contributed by atoms with Gasteiger partial charge in [-0.05, 0) is 36.4 Å². The first-order valence-corrected chi connectivity index (χ1v) is 9.82. The summed E-state index contributed by atoms with van der Waals surface area (Å²) in [5.74, 6) is -0.541. The Morgan fingerprint density at radius 2 is 1.88 bits per heavy atom. The molecule has 0 fully saturated rings. The topological polar surface area (TPSA) is 96.7 Å². The molecule has 0 unspecified atom stereocenters. The molecule has 0 aliphatic rings. The average molecular weight is 399 g/mol. The second kappa shape index (κ2) is 8.86. The second-order valence-corrected chi connectivity index (χ2v) is 8.17. The lowest BCUT2D eigenvalue weighted by atomic mass is 10.4. The number of hydrogen-bond donors (Lipinski definition) is 1. The van der Waals surface area contributed by atoms with Gasteiger partial charge in [0.1, 0.15) is 5.76 Å². The van der Waals surface area contributed by atoms with Crippen LogP contribution < -0.4 is 5.32 Å². The Balaban J connectivity index is 1.80. The highest BCUT2D eigenvalue weighted by atomic mass is 35.5. The highest BCUT2D eigenvalue weighted by molar-refractivity contribution is 7.91. The van der Waals surface area contributed by atoms with Gasteiger partial charge in [-0.3, -0.25) is 9.59 Å². The molecule has 2 amide bonds. The zero-order valence-electron chi connectivity index (χ0n) is 14.1. The molecule has 0 radical (unpaired) electrons. The standard InChI is InChI=1S/C17H19ClN2O5S/c1-20(12-16(21)19-11-14-3-2-9-25-14)17(22)8-10-26(23,24)15-6-4-13(18)5-7-15/h2-7,9H,8,10-12H2,1H3,(H,19,21). The largest absolute Gasteiger partial charge is 0.467 e. The molecule has 2 rings (SSSR count). The molecule has 0 aliphatic carbocycles. The van der Waals surface area contributed by atoms with Crippen molar-refractivity contribution in [2.75, 3.05) is 19.3 Å². The Labute approximate surface area is 156 Å². The minimum Gasteiger partial charge on any atom is -0.467 e. The highest BCUT2D eigenvalue weighted by Gasteiger charge is 2.19. The number of benzene rings is 1. The van der Waals surface area contributed by atoms with Crippen LogP contribution in [0.4, 0.5) is 0 Å². The fraction of sp³-hybridized carbons (Fsp3) is 0.294.